The predicted molar refractivity (Wildman–Crippen MR) is 216 cm³/mol. The van der Waals surface area contributed by atoms with Crippen LogP contribution < -0.4 is 20.6 Å². The average molecular weight is 659 g/mol. The SMILES string of the molecule is c1ccc(-c2cc3c4c(c2)N(c2ccccc2)c2ccccc2B4N2c4ccccc4C4(c5ccccc5-c5ccccc54)c4cccc-3c42)cc1. The molecule has 240 valence electrons. The van der Waals surface area contributed by atoms with Gasteiger partial charge in [0.1, 0.15) is 0 Å². The number of fused-ring (bicyclic) bond motifs is 13. The van der Waals surface area contributed by atoms with Gasteiger partial charge in [0.05, 0.1) is 5.41 Å². The Labute approximate surface area is 304 Å². The third kappa shape index (κ3) is 3.41. The molecule has 2 nitrogen and oxygen atoms in total. The molecule has 0 saturated carbocycles. The fourth-order valence-electron chi connectivity index (χ4n) is 10.1. The van der Waals surface area contributed by atoms with Crippen molar-refractivity contribution in [2.75, 3.05) is 9.71 Å². The van der Waals surface area contributed by atoms with Crippen LogP contribution in [0.2, 0.25) is 0 Å². The lowest BCUT2D eigenvalue weighted by Crippen LogP contribution is -2.63. The first-order valence-electron chi connectivity index (χ1n) is 18.2. The minimum absolute atomic E-state index is 0.0231. The van der Waals surface area contributed by atoms with Crippen molar-refractivity contribution in [3.8, 4) is 33.4 Å². The van der Waals surface area contributed by atoms with Crippen LogP contribution in [-0.4, -0.2) is 6.85 Å². The second-order valence-electron chi connectivity index (χ2n) is 14.4. The molecule has 1 spiro atoms. The van der Waals surface area contributed by atoms with Crippen molar-refractivity contribution in [3.63, 3.8) is 0 Å². The number of rotatable bonds is 2. The molecule has 0 bridgehead atoms. The largest absolute Gasteiger partial charge is 0.376 e. The van der Waals surface area contributed by atoms with Gasteiger partial charge in [0.15, 0.2) is 0 Å². The maximum atomic E-state index is 2.70. The van der Waals surface area contributed by atoms with Gasteiger partial charge in [-0.2, -0.15) is 0 Å². The van der Waals surface area contributed by atoms with Crippen LogP contribution in [0.25, 0.3) is 33.4 Å². The minimum Gasteiger partial charge on any atom is -0.376 e. The topological polar surface area (TPSA) is 6.48 Å². The first kappa shape index (κ1) is 28.2. The number of hydrogen-bond acceptors (Lipinski definition) is 2. The summed E-state index contributed by atoms with van der Waals surface area (Å²) in [6.07, 6.45) is 0. The molecule has 52 heavy (non-hydrogen) atoms. The maximum Gasteiger partial charge on any atom is 0.333 e. The molecule has 0 atom stereocenters. The molecule has 3 aliphatic heterocycles. The van der Waals surface area contributed by atoms with Crippen LogP contribution >= 0.6 is 0 Å². The van der Waals surface area contributed by atoms with Crippen LogP contribution in [0.1, 0.15) is 22.3 Å². The second kappa shape index (κ2) is 10.2. The predicted octanol–water partition coefficient (Wildman–Crippen LogP) is 10.7. The van der Waals surface area contributed by atoms with Crippen molar-refractivity contribution < 1.29 is 0 Å². The zero-order chi connectivity index (χ0) is 34.0. The number of benzene rings is 8. The second-order valence-corrected chi connectivity index (χ2v) is 14.4. The average Bonchev–Trinajstić information content (AvgIpc) is 3.51. The summed E-state index contributed by atoms with van der Waals surface area (Å²) in [5, 5.41) is 0. The van der Waals surface area contributed by atoms with E-state index >= 15 is 0 Å². The molecule has 1 aliphatic carbocycles. The van der Waals surface area contributed by atoms with Crippen molar-refractivity contribution in [3.05, 3.63) is 210 Å². The molecule has 3 heterocycles. The summed E-state index contributed by atoms with van der Waals surface area (Å²) in [6.45, 7) is -0.0231. The van der Waals surface area contributed by atoms with E-state index in [0.717, 1.165) is 5.69 Å². The van der Waals surface area contributed by atoms with Crippen molar-refractivity contribution in [2.45, 2.75) is 5.41 Å². The zero-order valence-corrected chi connectivity index (χ0v) is 28.4. The number of nitrogens with zero attached hydrogens (tertiary/aromatic N) is 2. The van der Waals surface area contributed by atoms with E-state index in [1.54, 1.807) is 0 Å². The van der Waals surface area contributed by atoms with Crippen LogP contribution in [0, 0.1) is 0 Å². The van der Waals surface area contributed by atoms with Crippen molar-refractivity contribution in [1.29, 1.82) is 0 Å². The summed E-state index contributed by atoms with van der Waals surface area (Å²) in [7, 11) is 0. The quantitative estimate of drug-likeness (QED) is 0.171. The molecule has 8 aromatic carbocycles. The van der Waals surface area contributed by atoms with Gasteiger partial charge in [-0.05, 0) is 97.4 Å². The molecule has 0 fully saturated rings. The normalized spacial score (nSPS) is 14.6. The summed E-state index contributed by atoms with van der Waals surface area (Å²) in [4.78, 5) is 5.19. The van der Waals surface area contributed by atoms with E-state index in [4.69, 9.17) is 0 Å². The Morgan fingerprint density at radius 1 is 0.385 bits per heavy atom. The molecule has 0 aromatic heterocycles. The highest BCUT2D eigenvalue weighted by molar-refractivity contribution is 6.93. The third-order valence-electron chi connectivity index (χ3n) is 12.0. The van der Waals surface area contributed by atoms with E-state index < -0.39 is 5.41 Å². The first-order valence-corrected chi connectivity index (χ1v) is 18.2. The van der Waals surface area contributed by atoms with Gasteiger partial charge in [-0.1, -0.05) is 152 Å². The summed E-state index contributed by atoms with van der Waals surface area (Å²) in [5.41, 5.74) is 21.5. The lowest BCUT2D eigenvalue weighted by atomic mass is 9.42. The number of anilines is 5. The van der Waals surface area contributed by atoms with E-state index in [9.17, 15) is 0 Å². The van der Waals surface area contributed by atoms with E-state index in [1.165, 1.54) is 89.3 Å². The van der Waals surface area contributed by atoms with Gasteiger partial charge in [0.2, 0.25) is 0 Å². The maximum absolute atomic E-state index is 2.70. The molecule has 0 saturated heterocycles. The molecule has 0 N–H and O–H groups in total. The highest BCUT2D eigenvalue weighted by atomic mass is 15.2. The first-order chi connectivity index (χ1) is 25.8. The molecule has 12 rings (SSSR count). The van der Waals surface area contributed by atoms with Gasteiger partial charge in [-0.25, -0.2) is 0 Å². The molecule has 8 aromatic rings. The van der Waals surface area contributed by atoms with Crippen LogP contribution in [0.3, 0.4) is 0 Å². The fourth-order valence-corrected chi connectivity index (χ4v) is 10.1. The molecular weight excluding hydrogens is 627 g/mol. The van der Waals surface area contributed by atoms with E-state index in [0.29, 0.717) is 0 Å². The van der Waals surface area contributed by atoms with Gasteiger partial charge in [0, 0.05) is 34.0 Å². The minimum atomic E-state index is -0.451. The highest BCUT2D eigenvalue weighted by Gasteiger charge is 2.56. The van der Waals surface area contributed by atoms with Gasteiger partial charge < -0.3 is 9.71 Å². The molecule has 0 amide bonds. The summed E-state index contributed by atoms with van der Waals surface area (Å²) in [5.74, 6) is 0. The molecule has 4 aliphatic rings. The Bertz CT molecular complexity index is 2730. The highest BCUT2D eigenvalue weighted by Crippen LogP contribution is 2.64. The van der Waals surface area contributed by atoms with Crippen LogP contribution in [0.5, 0.6) is 0 Å². The van der Waals surface area contributed by atoms with Crippen molar-refractivity contribution >= 4 is 46.2 Å². The lowest BCUT2D eigenvalue weighted by Gasteiger charge is -2.52. The van der Waals surface area contributed by atoms with Crippen LogP contribution in [0.4, 0.5) is 28.4 Å². The van der Waals surface area contributed by atoms with Gasteiger partial charge in [-0.3, -0.25) is 0 Å². The Morgan fingerprint density at radius 2 is 0.962 bits per heavy atom. The Morgan fingerprint density at radius 3 is 1.71 bits per heavy atom. The fraction of sp³-hybridized carbons (Fsp3) is 0.0204. The third-order valence-corrected chi connectivity index (χ3v) is 12.0. The van der Waals surface area contributed by atoms with Gasteiger partial charge >= 0.3 is 6.85 Å². The van der Waals surface area contributed by atoms with Crippen LogP contribution in [-0.2, 0) is 5.41 Å². The summed E-state index contributed by atoms with van der Waals surface area (Å²) in [6, 6.07) is 70.2. The van der Waals surface area contributed by atoms with E-state index in [1.807, 2.05) is 0 Å². The molecule has 0 unspecified atom stereocenters. The van der Waals surface area contributed by atoms with Gasteiger partial charge in [-0.15, -0.1) is 0 Å². The lowest BCUT2D eigenvalue weighted by molar-refractivity contribution is 0.756. The zero-order valence-electron chi connectivity index (χ0n) is 28.4. The Hall–Kier alpha value is -6.58. The number of hydrogen-bond donors (Lipinski definition) is 0. The van der Waals surface area contributed by atoms with Gasteiger partial charge in [0.25, 0.3) is 0 Å². The molecule has 0 radical (unpaired) electrons. The molecular formula is C49H31BN2. The summed E-state index contributed by atoms with van der Waals surface area (Å²) < 4.78 is 0. The monoisotopic (exact) mass is 658 g/mol. The van der Waals surface area contributed by atoms with Crippen LogP contribution in [0.15, 0.2) is 188 Å². The molecule has 3 heteroatoms. The summed E-state index contributed by atoms with van der Waals surface area (Å²) >= 11 is 0. The number of para-hydroxylation sites is 4. The Kier molecular flexibility index (Phi) is 5.55. The van der Waals surface area contributed by atoms with E-state index in [-0.39, 0.29) is 6.85 Å². The Balaban J connectivity index is 1.26. The van der Waals surface area contributed by atoms with Crippen molar-refractivity contribution in [2.24, 2.45) is 0 Å². The standard InChI is InChI=1S/C49H31BN2/c1-3-16-32(17-4-1)33-30-38-37-22-15-26-42-48(37)52(50-43-27-12-14-29-45(43)51(46(31-33)47(38)50)34-18-5-2-6-19-34)44-28-13-11-25-41(44)49(42)39-23-9-7-20-35(39)36-21-8-10-24-40(36)49/h1-31H. The smallest absolute Gasteiger partial charge is 0.333 e. The van der Waals surface area contributed by atoms with Crippen molar-refractivity contribution in [1.82, 2.24) is 0 Å². The van der Waals surface area contributed by atoms with E-state index in [2.05, 4.69) is 198 Å².